The van der Waals surface area contributed by atoms with E-state index in [1.807, 2.05) is 27.0 Å². The number of oxazole rings is 1. The number of nitrogens with zero attached hydrogens (tertiary/aromatic N) is 3. The molecule has 0 saturated heterocycles. The van der Waals surface area contributed by atoms with Crippen molar-refractivity contribution < 1.29 is 4.42 Å². The summed E-state index contributed by atoms with van der Waals surface area (Å²) < 4.78 is 5.56. The lowest BCUT2D eigenvalue weighted by molar-refractivity contribution is 0.431. The van der Waals surface area contributed by atoms with Crippen LogP contribution in [-0.4, -0.2) is 22.0 Å². The molecular formula is C13H18N4OS. The number of rotatable bonds is 4. The van der Waals surface area contributed by atoms with E-state index in [4.69, 9.17) is 4.42 Å². The van der Waals surface area contributed by atoms with Crippen LogP contribution in [0.5, 0.6) is 0 Å². The van der Waals surface area contributed by atoms with Crippen LogP contribution in [0.1, 0.15) is 37.0 Å². The van der Waals surface area contributed by atoms with E-state index in [0.717, 1.165) is 28.1 Å². The van der Waals surface area contributed by atoms with Gasteiger partial charge in [-0.1, -0.05) is 13.8 Å². The summed E-state index contributed by atoms with van der Waals surface area (Å²) in [6.45, 7) is 7.98. The fourth-order valence-corrected chi connectivity index (χ4v) is 2.30. The minimum Gasteiger partial charge on any atom is -0.436 e. The highest BCUT2D eigenvalue weighted by molar-refractivity contribution is 7.99. The van der Waals surface area contributed by atoms with Gasteiger partial charge in [0, 0.05) is 19.0 Å². The Morgan fingerprint density at radius 3 is 2.47 bits per heavy atom. The molecule has 0 aromatic carbocycles. The van der Waals surface area contributed by atoms with Gasteiger partial charge in [-0.05, 0) is 25.6 Å². The molecule has 5 nitrogen and oxygen atoms in total. The van der Waals surface area contributed by atoms with Crippen LogP contribution in [0.15, 0.2) is 20.7 Å². The summed E-state index contributed by atoms with van der Waals surface area (Å²) in [6, 6.07) is 1.89. The van der Waals surface area contributed by atoms with Gasteiger partial charge in [-0.25, -0.2) is 15.0 Å². The Balaban J connectivity index is 2.31. The average molecular weight is 278 g/mol. The van der Waals surface area contributed by atoms with E-state index in [-0.39, 0.29) is 5.92 Å². The highest BCUT2D eigenvalue weighted by Crippen LogP contribution is 2.29. The van der Waals surface area contributed by atoms with Gasteiger partial charge in [-0.15, -0.1) is 0 Å². The van der Waals surface area contributed by atoms with Gasteiger partial charge < -0.3 is 9.73 Å². The lowest BCUT2D eigenvalue weighted by Crippen LogP contribution is -2.02. The molecule has 0 saturated carbocycles. The molecule has 6 heteroatoms. The van der Waals surface area contributed by atoms with Crippen LogP contribution >= 0.6 is 11.8 Å². The SMILES string of the molecule is CNc1cc(Sc2nc(C)c(C)o2)nc(C(C)C)n1. The first-order chi connectivity index (χ1) is 8.99. The first kappa shape index (κ1) is 13.9. The van der Waals surface area contributed by atoms with Gasteiger partial charge >= 0.3 is 0 Å². The maximum Gasteiger partial charge on any atom is 0.262 e. The van der Waals surface area contributed by atoms with E-state index in [1.165, 1.54) is 11.8 Å². The summed E-state index contributed by atoms with van der Waals surface area (Å²) in [5.41, 5.74) is 0.912. The van der Waals surface area contributed by atoms with Crippen molar-refractivity contribution >= 4 is 17.6 Å². The summed E-state index contributed by atoms with van der Waals surface area (Å²) in [7, 11) is 1.85. The van der Waals surface area contributed by atoms with Gasteiger partial charge in [0.05, 0.1) is 5.69 Å². The first-order valence-electron chi connectivity index (χ1n) is 6.18. The number of nitrogens with one attached hydrogen (secondary N) is 1. The Morgan fingerprint density at radius 2 is 1.95 bits per heavy atom. The fraction of sp³-hybridized carbons (Fsp3) is 0.462. The molecule has 0 aliphatic heterocycles. The Labute approximate surface area is 117 Å². The number of anilines is 1. The Hall–Kier alpha value is -1.56. The van der Waals surface area contributed by atoms with Crippen molar-refractivity contribution in [2.45, 2.75) is 43.9 Å². The van der Waals surface area contributed by atoms with E-state index >= 15 is 0 Å². The van der Waals surface area contributed by atoms with Gasteiger partial charge in [0.25, 0.3) is 5.22 Å². The molecule has 102 valence electrons. The lowest BCUT2D eigenvalue weighted by atomic mass is 10.2. The monoisotopic (exact) mass is 278 g/mol. The second-order valence-electron chi connectivity index (χ2n) is 4.58. The minimum absolute atomic E-state index is 0.278. The molecule has 0 radical (unpaired) electrons. The highest BCUT2D eigenvalue weighted by Gasteiger charge is 2.12. The van der Waals surface area contributed by atoms with Crippen molar-refractivity contribution in [3.05, 3.63) is 23.3 Å². The second-order valence-corrected chi connectivity index (χ2v) is 5.55. The number of aromatic nitrogens is 3. The van der Waals surface area contributed by atoms with Crippen molar-refractivity contribution in [2.75, 3.05) is 12.4 Å². The summed E-state index contributed by atoms with van der Waals surface area (Å²) in [5, 5.41) is 4.50. The largest absolute Gasteiger partial charge is 0.436 e. The average Bonchev–Trinajstić information content (AvgIpc) is 2.67. The van der Waals surface area contributed by atoms with Crippen LogP contribution < -0.4 is 5.32 Å². The molecule has 0 unspecified atom stereocenters. The van der Waals surface area contributed by atoms with Crippen LogP contribution in [0.4, 0.5) is 5.82 Å². The molecule has 0 atom stereocenters. The van der Waals surface area contributed by atoms with Gasteiger partial charge in [0.1, 0.15) is 22.4 Å². The predicted molar refractivity (Wildman–Crippen MR) is 75.8 cm³/mol. The molecule has 19 heavy (non-hydrogen) atoms. The molecule has 0 spiro atoms. The number of aryl methyl sites for hydroxylation is 2. The number of hydrogen-bond acceptors (Lipinski definition) is 6. The van der Waals surface area contributed by atoms with Crippen LogP contribution in [0.2, 0.25) is 0 Å². The summed E-state index contributed by atoms with van der Waals surface area (Å²) in [5.74, 6) is 2.74. The van der Waals surface area contributed by atoms with Gasteiger partial charge in [-0.2, -0.15) is 0 Å². The maximum absolute atomic E-state index is 5.56. The van der Waals surface area contributed by atoms with Crippen LogP contribution in [0.3, 0.4) is 0 Å². The minimum atomic E-state index is 0.278. The molecule has 2 rings (SSSR count). The molecule has 1 N–H and O–H groups in total. The molecule has 0 fully saturated rings. The van der Waals surface area contributed by atoms with E-state index < -0.39 is 0 Å². The molecular weight excluding hydrogens is 260 g/mol. The van der Waals surface area contributed by atoms with Crippen molar-refractivity contribution in [3.8, 4) is 0 Å². The molecule has 0 bridgehead atoms. The smallest absolute Gasteiger partial charge is 0.262 e. The molecule has 0 aliphatic rings. The second kappa shape index (κ2) is 5.61. The topological polar surface area (TPSA) is 63.8 Å². The number of hydrogen-bond donors (Lipinski definition) is 1. The van der Waals surface area contributed by atoms with Gasteiger partial charge in [0.2, 0.25) is 0 Å². The van der Waals surface area contributed by atoms with Crippen molar-refractivity contribution in [1.29, 1.82) is 0 Å². The molecule has 0 aliphatic carbocycles. The van der Waals surface area contributed by atoms with E-state index in [0.29, 0.717) is 5.22 Å². The Kier molecular flexibility index (Phi) is 4.09. The molecule has 2 aromatic heterocycles. The zero-order valence-electron chi connectivity index (χ0n) is 11.8. The third-order valence-corrected chi connectivity index (χ3v) is 3.46. The quantitative estimate of drug-likeness (QED) is 0.865. The third-order valence-electron chi connectivity index (χ3n) is 2.69. The van der Waals surface area contributed by atoms with Crippen molar-refractivity contribution in [1.82, 2.24) is 15.0 Å². The Bertz CT molecular complexity index is 561. The van der Waals surface area contributed by atoms with E-state index in [9.17, 15) is 0 Å². The molecule has 2 aromatic rings. The Morgan fingerprint density at radius 1 is 1.21 bits per heavy atom. The summed E-state index contributed by atoms with van der Waals surface area (Å²) in [6.07, 6.45) is 0. The molecule has 0 amide bonds. The van der Waals surface area contributed by atoms with Crippen LogP contribution in [0.25, 0.3) is 0 Å². The zero-order valence-corrected chi connectivity index (χ0v) is 12.6. The van der Waals surface area contributed by atoms with Crippen molar-refractivity contribution in [3.63, 3.8) is 0 Å². The standard InChI is InChI=1S/C13H18N4OS/c1-7(2)12-16-10(14-5)6-11(17-12)19-13-15-8(3)9(4)18-13/h6-7H,1-5H3,(H,14,16,17). The maximum atomic E-state index is 5.56. The predicted octanol–water partition coefficient (Wildman–Crippen LogP) is 3.40. The third kappa shape index (κ3) is 3.26. The van der Waals surface area contributed by atoms with E-state index in [1.54, 1.807) is 0 Å². The van der Waals surface area contributed by atoms with E-state index in [2.05, 4.69) is 34.1 Å². The summed E-state index contributed by atoms with van der Waals surface area (Å²) >= 11 is 1.41. The molecule has 2 heterocycles. The van der Waals surface area contributed by atoms with Crippen molar-refractivity contribution in [2.24, 2.45) is 0 Å². The van der Waals surface area contributed by atoms with Gasteiger partial charge in [-0.3, -0.25) is 0 Å². The normalized spacial score (nSPS) is 11.1. The zero-order chi connectivity index (χ0) is 14.0. The lowest BCUT2D eigenvalue weighted by Gasteiger charge is -2.08. The van der Waals surface area contributed by atoms with Crippen LogP contribution in [0, 0.1) is 13.8 Å². The van der Waals surface area contributed by atoms with Gasteiger partial charge in [0.15, 0.2) is 0 Å². The fourth-order valence-electron chi connectivity index (χ4n) is 1.46. The summed E-state index contributed by atoms with van der Waals surface area (Å²) in [4.78, 5) is 13.3. The van der Waals surface area contributed by atoms with Crippen LogP contribution in [-0.2, 0) is 0 Å². The first-order valence-corrected chi connectivity index (χ1v) is 7.00. The highest BCUT2D eigenvalue weighted by atomic mass is 32.2.